The largest absolute Gasteiger partial charge is 0.481 e. The quantitative estimate of drug-likeness (QED) is 0.0258. The van der Waals surface area contributed by atoms with Gasteiger partial charge in [-0.2, -0.15) is 4.58 Å². The SMILES string of the molecule is CC(=O)SCC(=O)N[C@H](CO)C(=O)N[C@H](CO)C(=O)N[C@H](CO)C(=O)NCCC(=O)CCCCC[N+]1=C(C=CC=CC=C2N(CCCCCC(=O)NCCCC[C@H](NC(=O)N[C@@H](CCC(=O)O)C(=O)O)C(=O)O)c3ccc(C)cc3C2(C)C)C(C)(C)c2ccccc21. The van der Waals surface area contributed by atoms with E-state index >= 15 is 0 Å². The van der Waals surface area contributed by atoms with Crippen LogP contribution in [0.5, 0.6) is 0 Å². The van der Waals surface area contributed by atoms with Crippen LogP contribution in [0.25, 0.3) is 0 Å². The van der Waals surface area contributed by atoms with E-state index < -0.39 is 104 Å². The van der Waals surface area contributed by atoms with Crippen LogP contribution in [-0.4, -0.2) is 187 Å². The van der Waals surface area contributed by atoms with E-state index in [-0.39, 0.29) is 65.6 Å². The maximum atomic E-state index is 12.9. The van der Waals surface area contributed by atoms with E-state index in [1.165, 1.54) is 18.1 Å². The standard InChI is InChI=1S/C65H91N9O17S/c1-41-27-29-52-45(36-41)65(5,6)54(74(52)35-19-9-13-26-55(80)66-32-17-16-22-46(61(87)88)71-63(91)72-47(62(89)90)28-30-57(82)83)25-12-7-11-24-53-64(3,4)44-21-14-15-23-51(44)73(53)34-18-8-10-20-43(79)31-33-67-58(84)48(37-75)69-60(86)50(39-77)70-59(85)49(38-76)68-56(81)40-92-42(2)78/h7,11-12,14-15,21,23-25,27,29,36,46-50,75-77H,8-10,13,16-20,22,26,28,30-35,37-40H2,1-6H3,(H9-,66,67,68,69,70,71,72,80,81,82,83,84,85,86,87,88,89,90,91)/p+1/t46-,47-,48+,49+,50+/m0/s1. The highest BCUT2D eigenvalue weighted by molar-refractivity contribution is 8.14. The molecule has 0 saturated carbocycles. The van der Waals surface area contributed by atoms with E-state index in [1.54, 1.807) is 0 Å². The van der Waals surface area contributed by atoms with E-state index in [0.29, 0.717) is 57.0 Å². The average molecular weight is 1300 g/mol. The number of hydrogen-bond acceptors (Lipinski definition) is 16. The third kappa shape index (κ3) is 23.8. The molecule has 4 rings (SSSR count). The summed E-state index contributed by atoms with van der Waals surface area (Å²) in [5, 5.41) is 73.0. The summed E-state index contributed by atoms with van der Waals surface area (Å²) < 4.78 is 2.34. The van der Waals surface area contributed by atoms with E-state index in [9.17, 15) is 78.3 Å². The molecule has 27 heteroatoms. The molecule has 13 N–H and O–H groups in total. The van der Waals surface area contributed by atoms with Gasteiger partial charge in [-0.1, -0.05) is 86.2 Å². The van der Waals surface area contributed by atoms with E-state index in [2.05, 4.69) is 136 Å². The number of anilines is 1. The Kier molecular flexibility index (Phi) is 31.4. The summed E-state index contributed by atoms with van der Waals surface area (Å²) in [6.07, 6.45) is 15.4. The van der Waals surface area contributed by atoms with Crippen molar-refractivity contribution in [3.8, 4) is 0 Å². The van der Waals surface area contributed by atoms with Crippen LogP contribution in [-0.2, 0) is 58.8 Å². The van der Waals surface area contributed by atoms with Crippen LogP contribution >= 0.6 is 11.8 Å². The number of thioether (sulfide) groups is 1. The van der Waals surface area contributed by atoms with Gasteiger partial charge in [0.1, 0.15) is 42.5 Å². The smallest absolute Gasteiger partial charge is 0.326 e. The zero-order valence-electron chi connectivity index (χ0n) is 53.3. The van der Waals surface area contributed by atoms with Gasteiger partial charge in [0.25, 0.3) is 0 Å². The number of ketones is 1. The summed E-state index contributed by atoms with van der Waals surface area (Å²) >= 11 is 0.685. The van der Waals surface area contributed by atoms with Crippen LogP contribution in [0, 0.1) is 6.92 Å². The number of amides is 7. The highest BCUT2D eigenvalue weighted by atomic mass is 32.2. The highest BCUT2D eigenvalue weighted by Gasteiger charge is 2.44. The lowest BCUT2D eigenvalue weighted by molar-refractivity contribution is -0.438. The van der Waals surface area contributed by atoms with Crippen molar-refractivity contribution in [2.45, 2.75) is 172 Å². The monoisotopic (exact) mass is 1300 g/mol. The molecule has 92 heavy (non-hydrogen) atoms. The Bertz CT molecular complexity index is 3090. The number of Topliss-reactive ketones (excluding diaryl/α,β-unsaturated/α-hetero) is 1. The van der Waals surface area contributed by atoms with Gasteiger partial charge in [-0.15, -0.1) is 0 Å². The number of urea groups is 1. The van der Waals surface area contributed by atoms with Crippen LogP contribution in [0.2, 0.25) is 0 Å². The number of aliphatic hydroxyl groups excluding tert-OH is 3. The number of allylic oxidation sites excluding steroid dienone is 6. The van der Waals surface area contributed by atoms with Gasteiger partial charge in [0.15, 0.2) is 10.8 Å². The minimum absolute atomic E-state index is 0.00233. The Hall–Kier alpha value is -8.27. The maximum absolute atomic E-state index is 12.9. The number of carboxylic acids is 3. The highest BCUT2D eigenvalue weighted by Crippen LogP contribution is 2.48. The number of carboxylic acid groups (broad SMARTS) is 3. The molecule has 0 aliphatic carbocycles. The van der Waals surface area contributed by atoms with Gasteiger partial charge in [0.05, 0.1) is 31.0 Å². The summed E-state index contributed by atoms with van der Waals surface area (Å²) in [6, 6.07) is 6.33. The number of aliphatic hydroxyl groups is 3. The number of para-hydroxylation sites is 1. The van der Waals surface area contributed by atoms with Crippen molar-refractivity contribution < 1.29 is 88.0 Å². The second-order valence-corrected chi connectivity index (χ2v) is 24.9. The van der Waals surface area contributed by atoms with Crippen molar-refractivity contribution in [3.05, 3.63) is 95.2 Å². The molecular formula is C65H92N9O17S+. The lowest BCUT2D eigenvalue weighted by Gasteiger charge is -2.27. The number of carbonyl (C=O) groups is 11. The van der Waals surface area contributed by atoms with Crippen LogP contribution in [0.4, 0.5) is 16.2 Å². The molecular weight excluding hydrogens is 1210 g/mol. The number of fused-ring (bicyclic) bond motifs is 2. The third-order valence-corrected chi connectivity index (χ3v) is 16.7. The molecule has 0 radical (unpaired) electrons. The Balaban J connectivity index is 1.26. The first-order chi connectivity index (χ1) is 43.7. The van der Waals surface area contributed by atoms with Gasteiger partial charge in [-0.05, 0) is 89.8 Å². The summed E-state index contributed by atoms with van der Waals surface area (Å²) in [7, 11) is 0. The Morgan fingerprint density at radius 1 is 0.587 bits per heavy atom. The molecule has 0 bridgehead atoms. The zero-order valence-corrected chi connectivity index (χ0v) is 54.2. The Labute approximate surface area is 540 Å². The van der Waals surface area contributed by atoms with Gasteiger partial charge in [-0.3, -0.25) is 38.4 Å². The lowest BCUT2D eigenvalue weighted by atomic mass is 9.81. The molecule has 0 spiro atoms. The fraction of sp³-hybridized carbons (Fsp3) is 0.538. The summed E-state index contributed by atoms with van der Waals surface area (Å²) in [5.74, 6) is -8.15. The number of nitrogens with zero attached hydrogens (tertiary/aromatic N) is 2. The molecule has 7 amide bonds. The predicted octanol–water partition coefficient (Wildman–Crippen LogP) is 3.43. The minimum Gasteiger partial charge on any atom is -0.481 e. The van der Waals surface area contributed by atoms with Crippen molar-refractivity contribution in [2.24, 2.45) is 0 Å². The van der Waals surface area contributed by atoms with E-state index in [0.717, 1.165) is 60.6 Å². The first-order valence-corrected chi connectivity index (χ1v) is 32.0. The third-order valence-electron chi connectivity index (χ3n) is 15.9. The normalized spacial score (nSPS) is 15.8. The van der Waals surface area contributed by atoms with Crippen LogP contribution in [0.15, 0.2) is 78.5 Å². The zero-order chi connectivity index (χ0) is 68.1. The fourth-order valence-corrected chi connectivity index (χ4v) is 11.2. The van der Waals surface area contributed by atoms with Crippen molar-refractivity contribution in [1.82, 2.24) is 37.2 Å². The lowest BCUT2D eigenvalue weighted by Crippen LogP contribution is -2.59. The van der Waals surface area contributed by atoms with Gasteiger partial charge in [0, 0.05) is 93.2 Å². The number of aryl methyl sites for hydroxylation is 1. The van der Waals surface area contributed by atoms with Crippen molar-refractivity contribution >= 4 is 93.2 Å². The van der Waals surface area contributed by atoms with E-state index in [4.69, 9.17) is 5.11 Å². The molecule has 0 saturated heterocycles. The van der Waals surface area contributed by atoms with Gasteiger partial charge >= 0.3 is 23.9 Å². The van der Waals surface area contributed by atoms with Crippen LogP contribution < -0.4 is 42.1 Å². The number of hydrogen-bond donors (Lipinski definition) is 13. The number of rotatable bonds is 41. The van der Waals surface area contributed by atoms with Crippen molar-refractivity contribution in [3.63, 3.8) is 0 Å². The van der Waals surface area contributed by atoms with Crippen molar-refractivity contribution in [1.29, 1.82) is 0 Å². The van der Waals surface area contributed by atoms with Crippen LogP contribution in [0.3, 0.4) is 0 Å². The average Bonchev–Trinajstić information content (AvgIpc) is 1.61. The first-order valence-electron chi connectivity index (χ1n) is 31.0. The predicted molar refractivity (Wildman–Crippen MR) is 345 cm³/mol. The van der Waals surface area contributed by atoms with Gasteiger partial charge in [0.2, 0.25) is 35.2 Å². The molecule has 0 unspecified atom stereocenters. The van der Waals surface area contributed by atoms with Gasteiger partial charge < -0.3 is 72.8 Å². The molecule has 0 aromatic heterocycles. The fourth-order valence-electron chi connectivity index (χ4n) is 10.8. The topological polar surface area (TPSA) is 400 Å². The molecule has 2 aliphatic heterocycles. The van der Waals surface area contributed by atoms with Crippen LogP contribution in [0.1, 0.15) is 141 Å². The molecule has 2 aromatic carbocycles. The molecule has 504 valence electrons. The minimum atomic E-state index is -1.62. The molecule has 2 heterocycles. The summed E-state index contributed by atoms with van der Waals surface area (Å²) in [4.78, 5) is 136. The summed E-state index contributed by atoms with van der Waals surface area (Å²) in [6.45, 7) is 11.2. The Morgan fingerprint density at radius 3 is 1.85 bits per heavy atom. The number of aliphatic carboxylic acids is 3. The van der Waals surface area contributed by atoms with E-state index in [1.807, 2.05) is 18.2 Å². The summed E-state index contributed by atoms with van der Waals surface area (Å²) in [5.41, 5.74) is 7.53. The number of nitrogens with one attached hydrogen (secondary N) is 7. The molecule has 0 fully saturated rings. The molecule has 26 nitrogen and oxygen atoms in total. The molecule has 5 atom stereocenters. The second-order valence-electron chi connectivity index (χ2n) is 23.7. The number of carbonyl (C=O) groups excluding carboxylic acids is 8. The van der Waals surface area contributed by atoms with Crippen molar-refractivity contribution in [2.75, 3.05) is 56.7 Å². The maximum Gasteiger partial charge on any atom is 0.326 e. The molecule has 2 aliphatic rings. The number of unbranched alkanes of at least 4 members (excludes halogenated alkanes) is 5. The Morgan fingerprint density at radius 2 is 1.21 bits per heavy atom. The second kappa shape index (κ2) is 37.9. The molecule has 2 aromatic rings. The first kappa shape index (κ1) is 76.2. The number of benzene rings is 2. The van der Waals surface area contributed by atoms with Gasteiger partial charge in [-0.25, -0.2) is 14.4 Å².